The average Bonchev–Trinajstić information content (AvgIpc) is 2.85. The van der Waals surface area contributed by atoms with Crippen LogP contribution in [0.2, 0.25) is 0 Å². The number of rotatable bonds is 3. The Bertz CT molecular complexity index is 298. The molecule has 0 bridgehead atoms. The molecule has 0 saturated carbocycles. The van der Waals surface area contributed by atoms with Crippen molar-refractivity contribution in [1.29, 1.82) is 0 Å². The first-order valence-electron chi connectivity index (χ1n) is 6.83. The van der Waals surface area contributed by atoms with Crippen molar-refractivity contribution in [3.05, 3.63) is 0 Å². The zero-order valence-corrected chi connectivity index (χ0v) is 11.7. The standard InChI is InChI=1S/C13H25N3O2/c1-15-6-4-5-10(9-15)16(2)13(17)12-7-11(18-3)8-14-12/h10-12,14H,4-9H2,1-3H3. The van der Waals surface area contributed by atoms with Crippen LogP contribution in [0.4, 0.5) is 0 Å². The molecule has 2 fully saturated rings. The second kappa shape index (κ2) is 5.99. The SMILES string of the molecule is COC1CNC(C(=O)N(C)C2CCCN(C)C2)C1. The van der Waals surface area contributed by atoms with Gasteiger partial charge in [-0.3, -0.25) is 4.79 Å². The van der Waals surface area contributed by atoms with E-state index in [0.717, 1.165) is 32.5 Å². The van der Waals surface area contributed by atoms with Crippen LogP contribution in [-0.4, -0.2) is 74.7 Å². The molecule has 0 spiro atoms. The molecule has 104 valence electrons. The molecule has 5 heteroatoms. The molecule has 0 aromatic rings. The van der Waals surface area contributed by atoms with Gasteiger partial charge < -0.3 is 19.9 Å². The molecule has 2 saturated heterocycles. The average molecular weight is 255 g/mol. The third-order valence-electron chi connectivity index (χ3n) is 4.22. The van der Waals surface area contributed by atoms with Crippen LogP contribution in [0.1, 0.15) is 19.3 Å². The fraction of sp³-hybridized carbons (Fsp3) is 0.923. The van der Waals surface area contributed by atoms with Crippen LogP contribution in [0.5, 0.6) is 0 Å². The first kappa shape index (κ1) is 13.8. The molecule has 5 nitrogen and oxygen atoms in total. The van der Waals surface area contributed by atoms with E-state index in [2.05, 4.69) is 17.3 Å². The maximum absolute atomic E-state index is 12.4. The number of amides is 1. The van der Waals surface area contributed by atoms with Gasteiger partial charge in [0.25, 0.3) is 0 Å². The molecule has 3 atom stereocenters. The highest BCUT2D eigenvalue weighted by molar-refractivity contribution is 5.82. The van der Waals surface area contributed by atoms with Crippen molar-refractivity contribution in [3.63, 3.8) is 0 Å². The van der Waals surface area contributed by atoms with Crippen molar-refractivity contribution in [2.45, 2.75) is 37.5 Å². The van der Waals surface area contributed by atoms with Gasteiger partial charge in [0.15, 0.2) is 0 Å². The highest BCUT2D eigenvalue weighted by Crippen LogP contribution is 2.17. The zero-order valence-electron chi connectivity index (χ0n) is 11.7. The summed E-state index contributed by atoms with van der Waals surface area (Å²) in [5, 5.41) is 3.26. The Morgan fingerprint density at radius 2 is 2.28 bits per heavy atom. The molecular weight excluding hydrogens is 230 g/mol. The van der Waals surface area contributed by atoms with Crippen molar-refractivity contribution in [2.75, 3.05) is 40.8 Å². The molecule has 18 heavy (non-hydrogen) atoms. The van der Waals surface area contributed by atoms with Crippen molar-refractivity contribution < 1.29 is 9.53 Å². The van der Waals surface area contributed by atoms with Crippen molar-refractivity contribution in [1.82, 2.24) is 15.1 Å². The highest BCUT2D eigenvalue weighted by atomic mass is 16.5. The van der Waals surface area contributed by atoms with Crippen LogP contribution in [0.3, 0.4) is 0 Å². The third kappa shape index (κ3) is 3.02. The van der Waals surface area contributed by atoms with Crippen molar-refractivity contribution >= 4 is 5.91 Å². The quantitative estimate of drug-likeness (QED) is 0.766. The molecule has 0 radical (unpaired) electrons. The lowest BCUT2D eigenvalue weighted by atomic mass is 10.0. The number of hydrogen-bond acceptors (Lipinski definition) is 4. The van der Waals surface area contributed by atoms with E-state index in [0.29, 0.717) is 6.04 Å². The summed E-state index contributed by atoms with van der Waals surface area (Å²) in [6, 6.07) is 0.298. The Balaban J connectivity index is 1.88. The number of ether oxygens (including phenoxy) is 1. The van der Waals surface area contributed by atoms with E-state index in [4.69, 9.17) is 4.74 Å². The topological polar surface area (TPSA) is 44.8 Å². The summed E-state index contributed by atoms with van der Waals surface area (Å²) in [6.45, 7) is 2.92. The maximum Gasteiger partial charge on any atom is 0.239 e. The van der Waals surface area contributed by atoms with Crippen LogP contribution < -0.4 is 5.32 Å². The Labute approximate surface area is 109 Å². The molecule has 0 aliphatic carbocycles. The van der Waals surface area contributed by atoms with E-state index in [9.17, 15) is 4.79 Å². The molecule has 1 N–H and O–H groups in total. The lowest BCUT2D eigenvalue weighted by Crippen LogP contribution is -2.51. The summed E-state index contributed by atoms with van der Waals surface area (Å²) in [7, 11) is 5.77. The van der Waals surface area contributed by atoms with Crippen LogP contribution >= 0.6 is 0 Å². The molecular formula is C13H25N3O2. The van der Waals surface area contributed by atoms with Crippen molar-refractivity contribution in [3.8, 4) is 0 Å². The van der Waals surface area contributed by atoms with Gasteiger partial charge in [-0.05, 0) is 32.9 Å². The third-order valence-corrected chi connectivity index (χ3v) is 4.22. The maximum atomic E-state index is 12.4. The van der Waals surface area contributed by atoms with Crippen LogP contribution in [-0.2, 0) is 9.53 Å². The number of carbonyl (C=O) groups is 1. The van der Waals surface area contributed by atoms with Crippen LogP contribution in [0.25, 0.3) is 0 Å². The van der Waals surface area contributed by atoms with E-state index in [1.165, 1.54) is 6.42 Å². The fourth-order valence-electron chi connectivity index (χ4n) is 2.95. The van der Waals surface area contributed by atoms with Gasteiger partial charge in [-0.2, -0.15) is 0 Å². The Morgan fingerprint density at radius 3 is 2.89 bits per heavy atom. The minimum absolute atomic E-state index is 0.0628. The highest BCUT2D eigenvalue weighted by Gasteiger charge is 2.34. The number of carbonyl (C=O) groups excluding carboxylic acids is 1. The number of piperidine rings is 1. The number of nitrogens with one attached hydrogen (secondary N) is 1. The predicted molar refractivity (Wildman–Crippen MR) is 70.5 cm³/mol. The first-order valence-corrected chi connectivity index (χ1v) is 6.83. The molecule has 0 aromatic heterocycles. The number of hydrogen-bond donors (Lipinski definition) is 1. The summed E-state index contributed by atoms with van der Waals surface area (Å²) in [4.78, 5) is 16.6. The minimum atomic E-state index is -0.0628. The summed E-state index contributed by atoms with van der Waals surface area (Å²) in [5.41, 5.74) is 0. The number of methoxy groups -OCH3 is 1. The van der Waals surface area contributed by atoms with E-state index in [1.807, 2.05) is 11.9 Å². The van der Waals surface area contributed by atoms with Gasteiger partial charge in [0, 0.05) is 33.3 Å². The molecule has 0 aromatic carbocycles. The number of likely N-dealkylation sites (tertiary alicyclic amines) is 1. The lowest BCUT2D eigenvalue weighted by Gasteiger charge is -2.36. The summed E-state index contributed by atoms with van der Waals surface area (Å²) >= 11 is 0. The van der Waals surface area contributed by atoms with Gasteiger partial charge in [0.1, 0.15) is 0 Å². The molecule has 2 rings (SSSR count). The van der Waals surface area contributed by atoms with Gasteiger partial charge in [-0.15, -0.1) is 0 Å². The summed E-state index contributed by atoms with van der Waals surface area (Å²) in [6.07, 6.45) is 3.27. The first-order chi connectivity index (χ1) is 8.61. The molecule has 2 heterocycles. The van der Waals surface area contributed by atoms with Gasteiger partial charge >= 0.3 is 0 Å². The number of nitrogens with zero attached hydrogens (tertiary/aromatic N) is 2. The van der Waals surface area contributed by atoms with Gasteiger partial charge in [0.2, 0.25) is 5.91 Å². The smallest absolute Gasteiger partial charge is 0.239 e. The van der Waals surface area contributed by atoms with E-state index in [1.54, 1.807) is 7.11 Å². The lowest BCUT2D eigenvalue weighted by molar-refractivity contribution is -0.135. The van der Waals surface area contributed by atoms with Gasteiger partial charge in [-0.25, -0.2) is 0 Å². The van der Waals surface area contributed by atoms with E-state index < -0.39 is 0 Å². The summed E-state index contributed by atoms with van der Waals surface area (Å²) in [5.74, 6) is 0.217. The van der Waals surface area contributed by atoms with Gasteiger partial charge in [-0.1, -0.05) is 0 Å². The summed E-state index contributed by atoms with van der Waals surface area (Å²) < 4.78 is 5.29. The van der Waals surface area contributed by atoms with E-state index >= 15 is 0 Å². The second-order valence-electron chi connectivity index (χ2n) is 5.56. The Hall–Kier alpha value is -0.650. The number of likely N-dealkylation sites (N-methyl/N-ethyl adjacent to an activating group) is 2. The largest absolute Gasteiger partial charge is 0.380 e. The van der Waals surface area contributed by atoms with Crippen LogP contribution in [0.15, 0.2) is 0 Å². The Kier molecular flexibility index (Phi) is 4.59. The minimum Gasteiger partial charge on any atom is -0.380 e. The van der Waals surface area contributed by atoms with Crippen molar-refractivity contribution in [2.24, 2.45) is 0 Å². The zero-order chi connectivity index (χ0) is 13.1. The Morgan fingerprint density at radius 1 is 1.50 bits per heavy atom. The second-order valence-corrected chi connectivity index (χ2v) is 5.56. The normalized spacial score (nSPS) is 33.6. The monoisotopic (exact) mass is 255 g/mol. The molecule has 1 amide bonds. The van der Waals surface area contributed by atoms with Crippen LogP contribution in [0, 0.1) is 0 Å². The van der Waals surface area contributed by atoms with E-state index in [-0.39, 0.29) is 18.1 Å². The predicted octanol–water partition coefficient (Wildman–Crippen LogP) is -0.0841. The van der Waals surface area contributed by atoms with Gasteiger partial charge in [0.05, 0.1) is 12.1 Å². The molecule has 2 aliphatic heterocycles. The molecule has 2 aliphatic rings. The fourth-order valence-corrected chi connectivity index (χ4v) is 2.95. The molecule has 3 unspecified atom stereocenters.